The Labute approximate surface area is 842 Å². The molecule has 0 radical (unpaired) electrons. The molecule has 0 saturated carbocycles. The SMILES string of the molecule is C.C1CCOC1.CC(C)(O)c1cncc(Br)c1.COC(C)(C)c1cncc(Br)c1.COC(C)(C)c1cncc(Br)c1.[C-]#N.[C-]#[N+]c1cncc(C(C)(C)OC)c1.[CH3-].[Pd+2].c1ccc(P(c2ccccc2)c2ccccc2)cc1.c1ccc(P(c2ccccc2)c2ccccc2)cc1.c1ccc(P(c2ccccc2)c2ccccc2)cc1.c1ccc(P(c2ccccc2)c2ccccc2)cc1. The Bertz CT molecular complexity index is 4970. The van der Waals surface area contributed by atoms with Crippen molar-refractivity contribution in [1.29, 1.82) is 5.26 Å². The zero-order valence-electron chi connectivity index (χ0n) is 77.4. The molecule has 134 heavy (non-hydrogen) atoms. The van der Waals surface area contributed by atoms with E-state index in [2.05, 4.69) is 437 Å². The Hall–Kier alpha value is -10.2. The maximum Gasteiger partial charge on any atom is 2.00 e. The van der Waals surface area contributed by atoms with Gasteiger partial charge in [-0.25, -0.2) is 4.85 Å². The van der Waals surface area contributed by atoms with Gasteiger partial charge in [0.25, 0.3) is 0 Å². The summed E-state index contributed by atoms with van der Waals surface area (Å²) in [4.78, 5) is 19.4. The molecule has 17 rings (SSSR count). The van der Waals surface area contributed by atoms with Crippen LogP contribution in [0.25, 0.3) is 4.85 Å². The number of hydrogen-bond donors (Lipinski definition) is 1. The predicted molar refractivity (Wildman–Crippen MR) is 580 cm³/mol. The fourth-order valence-electron chi connectivity index (χ4n) is 12.6. The van der Waals surface area contributed by atoms with Crippen LogP contribution in [0.5, 0.6) is 0 Å². The van der Waals surface area contributed by atoms with E-state index in [4.69, 9.17) is 37.4 Å². The molecule has 4 aromatic heterocycles. The first-order chi connectivity index (χ1) is 63.5. The zero-order chi connectivity index (χ0) is 94.0. The molecule has 0 bridgehead atoms. The smallest absolute Gasteiger partial charge is 0.512 e. The third kappa shape index (κ3) is 38.9. The van der Waals surface area contributed by atoms with E-state index in [1.807, 2.05) is 72.1 Å². The molecule has 19 heteroatoms. The van der Waals surface area contributed by atoms with Crippen LogP contribution in [0.4, 0.5) is 5.69 Å². The monoisotopic (exact) mass is 2130 g/mol. The van der Waals surface area contributed by atoms with Crippen molar-refractivity contribution in [2.75, 3.05) is 34.5 Å². The van der Waals surface area contributed by atoms with Crippen LogP contribution in [-0.4, -0.2) is 59.6 Å². The van der Waals surface area contributed by atoms with Gasteiger partial charge in [-0.05, 0) is 241 Å². The van der Waals surface area contributed by atoms with Crippen molar-refractivity contribution in [2.24, 2.45) is 0 Å². The summed E-state index contributed by atoms with van der Waals surface area (Å²) < 4.78 is 23.7. The molecule has 692 valence electrons. The van der Waals surface area contributed by atoms with Gasteiger partial charge in [-0.15, -0.1) is 0 Å². The average Bonchev–Trinajstić information content (AvgIpc) is 1.12. The van der Waals surface area contributed by atoms with Crippen LogP contribution >= 0.6 is 79.5 Å². The first kappa shape index (κ1) is 114. The van der Waals surface area contributed by atoms with Gasteiger partial charge < -0.3 is 43.3 Å². The Balaban J connectivity index is 0.000000269. The maximum atomic E-state index is 9.55. The van der Waals surface area contributed by atoms with Gasteiger partial charge in [-0.3, -0.25) is 19.9 Å². The summed E-state index contributed by atoms with van der Waals surface area (Å²) in [6, 6.07) is 137. The fraction of sp³-hybridized carbons (Fsp3) is 0.174. The molecule has 1 aliphatic heterocycles. The van der Waals surface area contributed by atoms with Crippen molar-refractivity contribution >= 4 is 149 Å². The Morgan fingerprint density at radius 1 is 0.299 bits per heavy atom. The van der Waals surface area contributed by atoms with E-state index in [1.165, 1.54) is 76.5 Å². The quantitative estimate of drug-likeness (QED) is 0.0473. The van der Waals surface area contributed by atoms with E-state index >= 15 is 0 Å². The van der Waals surface area contributed by atoms with E-state index in [0.717, 1.165) is 48.9 Å². The number of methoxy groups -OCH3 is 3. The molecule has 0 spiro atoms. The first-order valence-corrected chi connectivity index (χ1v) is 50.4. The summed E-state index contributed by atoms with van der Waals surface area (Å²) in [5.74, 6) is 0. The molecule has 1 aliphatic rings. The molecule has 0 aliphatic carbocycles. The van der Waals surface area contributed by atoms with Gasteiger partial charge in [0.15, 0.2) is 0 Å². The van der Waals surface area contributed by atoms with Gasteiger partial charge in [0.05, 0.1) is 29.0 Å². The topological polar surface area (TPSA) is 137 Å². The van der Waals surface area contributed by atoms with E-state index < -0.39 is 37.3 Å². The number of pyridine rings is 4. The number of ether oxygens (including phenoxy) is 4. The van der Waals surface area contributed by atoms with E-state index in [1.54, 1.807) is 78.4 Å². The second-order valence-corrected chi connectivity index (χ2v) is 42.7. The fourth-order valence-corrected chi connectivity index (χ4v) is 22.9. The predicted octanol–water partition coefficient (Wildman–Crippen LogP) is 25.8. The van der Waals surface area contributed by atoms with Crippen molar-refractivity contribution in [2.45, 2.75) is 98.1 Å². The van der Waals surface area contributed by atoms with Gasteiger partial charge >= 0.3 is 20.4 Å². The molecular formula is C115H121Br3N6O5P4Pd. The van der Waals surface area contributed by atoms with Crippen molar-refractivity contribution in [3.8, 4) is 0 Å². The second kappa shape index (κ2) is 62.5. The molecule has 0 amide bonds. The van der Waals surface area contributed by atoms with Crippen molar-refractivity contribution in [3.05, 3.63) is 499 Å². The van der Waals surface area contributed by atoms with Crippen LogP contribution in [0.3, 0.4) is 0 Å². The summed E-state index contributed by atoms with van der Waals surface area (Å²) >= 11 is 10.0. The van der Waals surface area contributed by atoms with E-state index in [-0.39, 0.29) is 52.1 Å². The van der Waals surface area contributed by atoms with E-state index in [9.17, 15) is 5.11 Å². The van der Waals surface area contributed by atoms with Crippen molar-refractivity contribution in [3.63, 3.8) is 0 Å². The Morgan fingerprint density at radius 2 is 0.463 bits per heavy atom. The van der Waals surface area contributed by atoms with Crippen LogP contribution in [0.1, 0.15) is 97.9 Å². The van der Waals surface area contributed by atoms with Crippen LogP contribution < -0.4 is 63.7 Å². The van der Waals surface area contributed by atoms with Gasteiger partial charge in [0.1, 0.15) is 0 Å². The number of halogens is 3. The Morgan fingerprint density at radius 3 is 0.604 bits per heavy atom. The minimum Gasteiger partial charge on any atom is -0.512 e. The molecule has 5 heterocycles. The largest absolute Gasteiger partial charge is 2.00 e. The second-order valence-electron chi connectivity index (χ2n) is 31.1. The molecule has 1 N–H and O–H groups in total. The number of aromatic nitrogens is 4. The number of aliphatic hydroxyl groups is 1. The van der Waals surface area contributed by atoms with Crippen LogP contribution in [0.15, 0.2) is 451 Å². The van der Waals surface area contributed by atoms with Gasteiger partial charge in [-0.2, -0.15) is 0 Å². The van der Waals surface area contributed by atoms with Crippen molar-refractivity contribution in [1.82, 2.24) is 19.9 Å². The summed E-state index contributed by atoms with van der Waals surface area (Å²) in [5, 5.41) is 32.6. The van der Waals surface area contributed by atoms with Crippen LogP contribution in [0.2, 0.25) is 0 Å². The van der Waals surface area contributed by atoms with Crippen LogP contribution in [0, 0.1) is 25.8 Å². The third-order valence-corrected chi connectivity index (χ3v) is 31.4. The summed E-state index contributed by atoms with van der Waals surface area (Å²) in [7, 11) is 3.25. The normalized spacial score (nSPS) is 11.0. The minimum atomic E-state index is -0.809. The Kier molecular flexibility index (Phi) is 53.3. The number of rotatable bonds is 19. The van der Waals surface area contributed by atoms with Crippen molar-refractivity contribution < 1.29 is 44.5 Å². The summed E-state index contributed by atoms with van der Waals surface area (Å²) in [6.45, 7) is 29.0. The average molecular weight is 2140 g/mol. The minimum absolute atomic E-state index is 0. The third-order valence-electron chi connectivity index (χ3n) is 20.3. The van der Waals surface area contributed by atoms with Crippen LogP contribution in [-0.2, 0) is 61.8 Å². The molecular weight excluding hydrogens is 2020 g/mol. The standard InChI is InChI=1S/4C18H15P.C10H12N2O.2C9H12BrNO.C8H10BrNO.C4H8O.CN.CH4.CH3.Pd/c4*1-4-10-16(11-5-1)19(17-12-6-2-7-13-17)18-14-8-3-9-15-18;1-10(2,13-4)8-5-9(11-3)7-12-6-8;2*1-9(2,12-3)7-4-8(10)6-11-5-7;1-8(2,11)6-3-7(9)5-10-4-6;1-2-4-5-3-1;1-2;;;/h4*1-15H;5-7H,1-2,4H3;2*4-6H,1-3H3;3-5,11H,1-2H3;1-4H2;;1H4;1H3;/q;;;;;;;;;-1;;-1;+2. The van der Waals surface area contributed by atoms with Gasteiger partial charge in [0, 0.05) is 114 Å². The molecule has 0 atom stereocenters. The molecule has 12 aromatic carbocycles. The first-order valence-electron chi connectivity index (χ1n) is 42.7. The van der Waals surface area contributed by atoms with Gasteiger partial charge in [-0.1, -0.05) is 371 Å². The summed E-state index contributed by atoms with van der Waals surface area (Å²) in [5.41, 5.74) is 2.69. The molecule has 0 unspecified atom stereocenters. The molecule has 11 nitrogen and oxygen atoms in total. The van der Waals surface area contributed by atoms with E-state index in [0.29, 0.717) is 5.69 Å². The molecule has 1 saturated heterocycles. The number of benzene rings is 12. The number of hydrogen-bond acceptors (Lipinski definition) is 10. The molecule has 16 aromatic rings. The number of nitrogens with zero attached hydrogens (tertiary/aromatic N) is 6. The zero-order valence-corrected chi connectivity index (χ0v) is 87.3. The van der Waals surface area contributed by atoms with Gasteiger partial charge in [0.2, 0.25) is 5.69 Å². The molecule has 1 fully saturated rings. The maximum absolute atomic E-state index is 9.55. The summed E-state index contributed by atoms with van der Waals surface area (Å²) in [6.07, 6.45) is 16.3.